The van der Waals surface area contributed by atoms with Crippen LogP contribution >= 0.6 is 15.9 Å². The van der Waals surface area contributed by atoms with E-state index in [9.17, 15) is 0 Å². The minimum atomic E-state index is -0.175. The van der Waals surface area contributed by atoms with Crippen molar-refractivity contribution in [2.75, 3.05) is 0 Å². The van der Waals surface area contributed by atoms with E-state index in [1.165, 1.54) is 25.0 Å². The lowest BCUT2D eigenvalue weighted by atomic mass is 9.72. The molecule has 4 atom stereocenters. The van der Waals surface area contributed by atoms with Crippen molar-refractivity contribution in [1.82, 2.24) is 0 Å². The van der Waals surface area contributed by atoms with Gasteiger partial charge in [0.15, 0.2) is 0 Å². The Morgan fingerprint density at radius 1 is 1.43 bits per heavy atom. The summed E-state index contributed by atoms with van der Waals surface area (Å²) in [6.45, 7) is 0. The zero-order valence-corrected chi connectivity index (χ0v) is 9.46. The fourth-order valence-corrected chi connectivity index (χ4v) is 5.12. The summed E-state index contributed by atoms with van der Waals surface area (Å²) < 4.78 is -0.175. The molecule has 4 unspecified atom stereocenters. The third-order valence-corrected chi connectivity index (χ3v) is 6.03. The van der Waals surface area contributed by atoms with Gasteiger partial charge in [0, 0.05) is 5.92 Å². The Kier molecular flexibility index (Phi) is 1.19. The first-order valence-corrected chi connectivity index (χ1v) is 6.19. The summed E-state index contributed by atoms with van der Waals surface area (Å²) in [6, 6.07) is 0. The molecule has 3 aliphatic carbocycles. The Balaban J connectivity index is 1.98. The smallest absolute Gasteiger partial charge is 0.208 e. The summed E-state index contributed by atoms with van der Waals surface area (Å²) in [5.41, 5.74) is 1.55. The lowest BCUT2D eigenvalue weighted by Crippen LogP contribution is -2.46. The average Bonchev–Trinajstić information content (AvgIpc) is 2.83. The van der Waals surface area contributed by atoms with E-state index in [-0.39, 0.29) is 9.93 Å². The highest BCUT2D eigenvalue weighted by atomic mass is 79.9. The summed E-state index contributed by atoms with van der Waals surface area (Å²) >= 11 is 3.84. The standard InChI is InChI=1S/C11H12BrNO/c12-11-8-4-3-7(6-8)10(11)5-1-2-9(10)13-14-11/h3-4,7-8H,1-2,5-6H2. The van der Waals surface area contributed by atoms with Gasteiger partial charge in [-0.2, -0.15) is 0 Å². The van der Waals surface area contributed by atoms with Gasteiger partial charge < -0.3 is 4.84 Å². The van der Waals surface area contributed by atoms with E-state index < -0.39 is 0 Å². The molecule has 2 bridgehead atoms. The number of fused-ring (bicyclic) bond motifs is 3. The summed E-state index contributed by atoms with van der Waals surface area (Å²) in [6.07, 6.45) is 9.63. The number of oxime groups is 1. The van der Waals surface area contributed by atoms with Crippen molar-refractivity contribution in [3.05, 3.63) is 12.2 Å². The van der Waals surface area contributed by atoms with Crippen LogP contribution in [0.15, 0.2) is 17.3 Å². The Morgan fingerprint density at radius 2 is 2.29 bits per heavy atom. The molecule has 2 saturated carbocycles. The van der Waals surface area contributed by atoms with Crippen molar-refractivity contribution in [3.63, 3.8) is 0 Å². The maximum Gasteiger partial charge on any atom is 0.208 e. The number of nitrogens with zero attached hydrogens (tertiary/aromatic N) is 1. The van der Waals surface area contributed by atoms with E-state index in [4.69, 9.17) is 4.84 Å². The number of allylic oxidation sites excluding steroid dienone is 1. The van der Waals surface area contributed by atoms with Crippen LogP contribution in [0, 0.1) is 17.3 Å². The normalized spacial score (nSPS) is 57.1. The van der Waals surface area contributed by atoms with E-state index in [1.54, 1.807) is 0 Å². The molecular weight excluding hydrogens is 242 g/mol. The first kappa shape index (κ1) is 7.91. The highest BCUT2D eigenvalue weighted by Gasteiger charge is 2.73. The minimum absolute atomic E-state index is 0.175. The van der Waals surface area contributed by atoms with Gasteiger partial charge in [0.25, 0.3) is 0 Å². The van der Waals surface area contributed by atoms with E-state index >= 15 is 0 Å². The zero-order valence-electron chi connectivity index (χ0n) is 7.87. The molecule has 4 rings (SSSR count). The molecule has 2 nitrogen and oxygen atoms in total. The molecule has 0 aromatic rings. The van der Waals surface area contributed by atoms with Crippen LogP contribution in [-0.4, -0.2) is 10.2 Å². The summed E-state index contributed by atoms with van der Waals surface area (Å²) in [7, 11) is 0. The van der Waals surface area contributed by atoms with E-state index in [0.29, 0.717) is 11.8 Å². The van der Waals surface area contributed by atoms with Gasteiger partial charge >= 0.3 is 0 Å². The van der Waals surface area contributed by atoms with E-state index in [0.717, 1.165) is 6.42 Å². The molecule has 1 heterocycles. The number of hydrogen-bond donors (Lipinski definition) is 0. The molecule has 0 radical (unpaired) electrons. The second-order valence-corrected chi connectivity index (χ2v) is 6.11. The molecule has 0 aromatic heterocycles. The fourth-order valence-electron chi connectivity index (χ4n) is 3.99. The van der Waals surface area contributed by atoms with Crippen LogP contribution in [0.5, 0.6) is 0 Å². The largest absolute Gasteiger partial charge is 0.376 e. The van der Waals surface area contributed by atoms with Gasteiger partial charge in [0.05, 0.1) is 11.1 Å². The molecule has 0 N–H and O–H groups in total. The van der Waals surface area contributed by atoms with E-state index in [2.05, 4.69) is 33.2 Å². The summed E-state index contributed by atoms with van der Waals surface area (Å²) in [5.74, 6) is 1.21. The van der Waals surface area contributed by atoms with Crippen LogP contribution < -0.4 is 0 Å². The Morgan fingerprint density at radius 3 is 3.21 bits per heavy atom. The summed E-state index contributed by atoms with van der Waals surface area (Å²) in [4.78, 5) is 5.71. The van der Waals surface area contributed by atoms with Crippen molar-refractivity contribution in [2.45, 2.75) is 30.2 Å². The van der Waals surface area contributed by atoms with Crippen LogP contribution in [0.3, 0.4) is 0 Å². The predicted molar refractivity (Wildman–Crippen MR) is 57.2 cm³/mol. The Labute approximate surface area is 91.5 Å². The Bertz CT molecular complexity index is 377. The van der Waals surface area contributed by atoms with Crippen LogP contribution in [-0.2, 0) is 4.84 Å². The molecule has 4 aliphatic rings. The van der Waals surface area contributed by atoms with Gasteiger partial charge in [0.1, 0.15) is 0 Å². The minimum Gasteiger partial charge on any atom is -0.376 e. The highest BCUT2D eigenvalue weighted by Crippen LogP contribution is 2.70. The van der Waals surface area contributed by atoms with Crippen LogP contribution in [0.2, 0.25) is 0 Å². The molecule has 0 aromatic carbocycles. The predicted octanol–water partition coefficient (Wildman–Crippen LogP) is 2.84. The van der Waals surface area contributed by atoms with E-state index in [1.807, 2.05) is 0 Å². The quantitative estimate of drug-likeness (QED) is 0.481. The van der Waals surface area contributed by atoms with Crippen molar-refractivity contribution in [2.24, 2.45) is 22.4 Å². The molecule has 0 saturated heterocycles. The lowest BCUT2D eigenvalue weighted by molar-refractivity contribution is -0.0111. The molecule has 2 fully saturated rings. The van der Waals surface area contributed by atoms with Crippen molar-refractivity contribution < 1.29 is 4.84 Å². The second kappa shape index (κ2) is 2.11. The lowest BCUT2D eigenvalue weighted by Gasteiger charge is -2.38. The fraction of sp³-hybridized carbons (Fsp3) is 0.727. The third kappa shape index (κ3) is 0.563. The van der Waals surface area contributed by atoms with Gasteiger partial charge in [-0.3, -0.25) is 0 Å². The molecule has 1 spiro atoms. The molecule has 74 valence electrons. The van der Waals surface area contributed by atoms with Gasteiger partial charge in [0.2, 0.25) is 4.51 Å². The number of halogens is 1. The third-order valence-electron chi connectivity index (χ3n) is 4.59. The molecule has 1 aliphatic heterocycles. The first-order valence-electron chi connectivity index (χ1n) is 5.40. The van der Waals surface area contributed by atoms with Gasteiger partial charge in [-0.15, -0.1) is 0 Å². The van der Waals surface area contributed by atoms with Gasteiger partial charge in [-0.05, 0) is 47.5 Å². The van der Waals surface area contributed by atoms with Crippen molar-refractivity contribution >= 4 is 21.6 Å². The molecule has 3 heteroatoms. The zero-order chi connectivity index (χ0) is 9.39. The number of rotatable bonds is 0. The molecule has 14 heavy (non-hydrogen) atoms. The Hall–Kier alpha value is -0.310. The SMILES string of the molecule is BrC12ON=C3CCCC31C1C=CC2C1. The van der Waals surface area contributed by atoms with Crippen LogP contribution in [0.4, 0.5) is 0 Å². The highest BCUT2D eigenvalue weighted by molar-refractivity contribution is 9.10. The number of hydrogen-bond acceptors (Lipinski definition) is 2. The molecular formula is C11H12BrNO. The first-order chi connectivity index (χ1) is 6.77. The average molecular weight is 254 g/mol. The monoisotopic (exact) mass is 253 g/mol. The summed E-state index contributed by atoms with van der Waals surface area (Å²) in [5, 5.41) is 4.32. The van der Waals surface area contributed by atoms with Crippen LogP contribution in [0.1, 0.15) is 25.7 Å². The van der Waals surface area contributed by atoms with Crippen molar-refractivity contribution in [3.8, 4) is 0 Å². The molecule has 0 amide bonds. The second-order valence-electron chi connectivity index (χ2n) is 4.93. The van der Waals surface area contributed by atoms with Gasteiger partial charge in [-0.1, -0.05) is 17.3 Å². The van der Waals surface area contributed by atoms with Gasteiger partial charge in [-0.25, -0.2) is 0 Å². The maximum absolute atomic E-state index is 5.71. The van der Waals surface area contributed by atoms with Crippen molar-refractivity contribution in [1.29, 1.82) is 0 Å². The van der Waals surface area contributed by atoms with Crippen LogP contribution in [0.25, 0.3) is 0 Å². The topological polar surface area (TPSA) is 21.6 Å². The maximum atomic E-state index is 5.71. The number of alkyl halides is 1.